The molecule has 28 heavy (non-hydrogen) atoms. The Hall–Kier alpha value is -3.48. The van der Waals surface area contributed by atoms with Gasteiger partial charge in [0.2, 0.25) is 0 Å². The normalized spacial score (nSPS) is 18.3. The molecule has 0 bridgehead atoms. The van der Waals surface area contributed by atoms with Crippen molar-refractivity contribution in [3.63, 3.8) is 0 Å². The van der Waals surface area contributed by atoms with Gasteiger partial charge in [0, 0.05) is 12.6 Å². The van der Waals surface area contributed by atoms with Crippen molar-refractivity contribution >= 4 is 17.4 Å². The molecule has 1 amide bonds. The number of aliphatic hydroxyl groups excluding tert-OH is 1. The van der Waals surface area contributed by atoms with Crippen LogP contribution in [0.5, 0.6) is 17.2 Å². The number of likely N-dealkylation sites (tertiary alicyclic amines) is 1. The molecule has 0 aromatic heterocycles. The van der Waals surface area contributed by atoms with Gasteiger partial charge in [-0.1, -0.05) is 12.1 Å². The lowest BCUT2D eigenvalue weighted by Gasteiger charge is -2.21. The van der Waals surface area contributed by atoms with Gasteiger partial charge in [-0.05, 0) is 35.9 Å². The highest BCUT2D eigenvalue weighted by atomic mass is 16.5. The highest BCUT2D eigenvalue weighted by Gasteiger charge is 2.44. The van der Waals surface area contributed by atoms with E-state index < -0.39 is 17.7 Å². The van der Waals surface area contributed by atoms with E-state index in [9.17, 15) is 14.7 Å². The second-order valence-electron chi connectivity index (χ2n) is 6.25. The van der Waals surface area contributed by atoms with E-state index in [1.54, 1.807) is 49.6 Å². The Labute approximate surface area is 162 Å². The molecule has 2 aromatic rings. The quantitative estimate of drug-likeness (QED) is 0.485. The van der Waals surface area contributed by atoms with Gasteiger partial charge in [-0.3, -0.25) is 9.59 Å². The van der Waals surface area contributed by atoms with Crippen LogP contribution in [0, 0.1) is 0 Å². The van der Waals surface area contributed by atoms with Gasteiger partial charge in [-0.2, -0.15) is 0 Å². The highest BCUT2D eigenvalue weighted by molar-refractivity contribution is 6.46. The van der Waals surface area contributed by atoms with Gasteiger partial charge in [0.05, 0.1) is 32.9 Å². The number of benzene rings is 2. The van der Waals surface area contributed by atoms with E-state index in [4.69, 9.17) is 14.2 Å². The summed E-state index contributed by atoms with van der Waals surface area (Å²) in [5, 5.41) is 10.9. The van der Waals surface area contributed by atoms with Crippen molar-refractivity contribution in [3.05, 3.63) is 59.2 Å². The summed E-state index contributed by atoms with van der Waals surface area (Å²) < 4.78 is 15.6. The molecule has 1 heterocycles. The smallest absolute Gasteiger partial charge is 0.295 e. The van der Waals surface area contributed by atoms with Gasteiger partial charge in [0.1, 0.15) is 11.5 Å². The van der Waals surface area contributed by atoms with Crippen LogP contribution in [0.25, 0.3) is 5.76 Å². The van der Waals surface area contributed by atoms with E-state index in [1.165, 1.54) is 26.2 Å². The Kier molecular flexibility index (Phi) is 5.26. The van der Waals surface area contributed by atoms with Crippen molar-refractivity contribution in [2.45, 2.75) is 6.04 Å². The van der Waals surface area contributed by atoms with Gasteiger partial charge in [-0.25, -0.2) is 0 Å². The molecule has 0 aliphatic carbocycles. The average molecular weight is 383 g/mol. The predicted octanol–water partition coefficient (Wildman–Crippen LogP) is 2.76. The molecule has 1 aliphatic heterocycles. The summed E-state index contributed by atoms with van der Waals surface area (Å²) in [6.45, 7) is 0. The lowest BCUT2D eigenvalue weighted by Crippen LogP contribution is -2.24. The molecule has 7 nitrogen and oxygen atoms in total. The van der Waals surface area contributed by atoms with Gasteiger partial charge < -0.3 is 24.2 Å². The van der Waals surface area contributed by atoms with Crippen LogP contribution in [0.15, 0.2) is 48.0 Å². The molecule has 7 heteroatoms. The van der Waals surface area contributed by atoms with Gasteiger partial charge in [-0.15, -0.1) is 0 Å². The number of methoxy groups -OCH3 is 3. The number of carbonyl (C=O) groups excluding carboxylic acids is 2. The van der Waals surface area contributed by atoms with Gasteiger partial charge in [0.15, 0.2) is 11.5 Å². The maximum Gasteiger partial charge on any atom is 0.295 e. The maximum absolute atomic E-state index is 12.6. The fraction of sp³-hybridized carbons (Fsp3) is 0.238. The van der Waals surface area contributed by atoms with Crippen LogP contribution in [0.4, 0.5) is 0 Å². The van der Waals surface area contributed by atoms with Crippen LogP contribution in [0.3, 0.4) is 0 Å². The van der Waals surface area contributed by atoms with Crippen LogP contribution in [-0.2, 0) is 9.59 Å². The second-order valence-corrected chi connectivity index (χ2v) is 6.25. The largest absolute Gasteiger partial charge is 0.507 e. The topological polar surface area (TPSA) is 85.3 Å². The summed E-state index contributed by atoms with van der Waals surface area (Å²) in [6, 6.07) is 11.1. The molecular formula is C21H21NO6. The Morgan fingerprint density at radius 3 is 2.14 bits per heavy atom. The van der Waals surface area contributed by atoms with Crippen LogP contribution in [0.1, 0.15) is 17.2 Å². The lowest BCUT2D eigenvalue weighted by atomic mass is 9.95. The fourth-order valence-electron chi connectivity index (χ4n) is 3.26. The third-order valence-electron chi connectivity index (χ3n) is 4.76. The number of carbonyl (C=O) groups is 2. The molecule has 2 aromatic carbocycles. The number of likely N-dealkylation sites (N-methyl/N-ethyl adjacent to an activating group) is 1. The molecule has 0 saturated carbocycles. The van der Waals surface area contributed by atoms with E-state index in [2.05, 4.69) is 0 Å². The average Bonchev–Trinajstić information content (AvgIpc) is 2.96. The van der Waals surface area contributed by atoms with E-state index in [0.717, 1.165) is 0 Å². The molecule has 1 saturated heterocycles. The summed E-state index contributed by atoms with van der Waals surface area (Å²) >= 11 is 0. The number of amides is 1. The van der Waals surface area contributed by atoms with Crippen LogP contribution in [0.2, 0.25) is 0 Å². The second kappa shape index (κ2) is 7.64. The molecule has 0 radical (unpaired) electrons. The zero-order valence-electron chi connectivity index (χ0n) is 16.1. The molecule has 1 aliphatic rings. The first-order valence-corrected chi connectivity index (χ1v) is 8.53. The SMILES string of the molecule is COc1ccc(C2/C(=C(/O)c3ccc(OC)c(OC)c3)C(=O)C(=O)N2C)cc1. The first-order valence-electron chi connectivity index (χ1n) is 8.53. The zero-order chi connectivity index (χ0) is 20.4. The minimum atomic E-state index is -0.740. The Bertz CT molecular complexity index is 948. The number of Topliss-reactive ketones (excluding diaryl/α,β-unsaturated/α-hetero) is 1. The van der Waals surface area contributed by atoms with Gasteiger partial charge >= 0.3 is 0 Å². The highest BCUT2D eigenvalue weighted by Crippen LogP contribution is 2.40. The molecule has 1 atom stereocenters. The standard InChI is InChI=1S/C21H21NO6/c1-22-18(12-5-8-14(26-2)9-6-12)17(20(24)21(22)25)19(23)13-7-10-15(27-3)16(11-13)28-4/h5-11,18,23H,1-4H3/b19-17-. The maximum atomic E-state index is 12.6. The minimum absolute atomic E-state index is 0.0184. The lowest BCUT2D eigenvalue weighted by molar-refractivity contribution is -0.139. The summed E-state index contributed by atoms with van der Waals surface area (Å²) in [4.78, 5) is 26.3. The predicted molar refractivity (Wildman–Crippen MR) is 103 cm³/mol. The zero-order valence-corrected chi connectivity index (χ0v) is 16.1. The van der Waals surface area contributed by atoms with Crippen molar-refractivity contribution in [2.75, 3.05) is 28.4 Å². The van der Waals surface area contributed by atoms with Crippen molar-refractivity contribution in [1.82, 2.24) is 4.90 Å². The monoisotopic (exact) mass is 383 g/mol. The number of ketones is 1. The number of ether oxygens (including phenoxy) is 3. The molecule has 0 spiro atoms. The third-order valence-corrected chi connectivity index (χ3v) is 4.76. The molecular weight excluding hydrogens is 362 g/mol. The van der Waals surface area contributed by atoms with Crippen LogP contribution in [-0.4, -0.2) is 50.1 Å². The number of rotatable bonds is 5. The van der Waals surface area contributed by atoms with Crippen molar-refractivity contribution in [3.8, 4) is 17.2 Å². The minimum Gasteiger partial charge on any atom is -0.507 e. The Morgan fingerprint density at radius 2 is 1.57 bits per heavy atom. The molecule has 1 fully saturated rings. The van der Waals surface area contributed by atoms with E-state index >= 15 is 0 Å². The summed E-state index contributed by atoms with van der Waals surface area (Å²) in [7, 11) is 6.07. The van der Waals surface area contributed by atoms with Gasteiger partial charge in [0.25, 0.3) is 11.7 Å². The number of hydrogen-bond acceptors (Lipinski definition) is 6. The number of nitrogens with zero attached hydrogens (tertiary/aromatic N) is 1. The first kappa shape index (κ1) is 19.3. The first-order chi connectivity index (χ1) is 13.4. The third kappa shape index (κ3) is 3.15. The Balaban J connectivity index is 2.14. The van der Waals surface area contributed by atoms with Crippen LogP contribution < -0.4 is 14.2 Å². The van der Waals surface area contributed by atoms with Crippen LogP contribution >= 0.6 is 0 Å². The summed E-state index contributed by atoms with van der Waals surface area (Å²) in [5.41, 5.74) is 1.05. The molecule has 146 valence electrons. The summed E-state index contributed by atoms with van der Waals surface area (Å²) in [6.07, 6.45) is 0. The Morgan fingerprint density at radius 1 is 0.929 bits per heavy atom. The van der Waals surface area contributed by atoms with Crippen molar-refractivity contribution < 1.29 is 28.9 Å². The molecule has 1 unspecified atom stereocenters. The van der Waals surface area contributed by atoms with E-state index in [0.29, 0.717) is 28.4 Å². The molecule has 3 rings (SSSR count). The fourth-order valence-corrected chi connectivity index (χ4v) is 3.26. The van der Waals surface area contributed by atoms with Crippen molar-refractivity contribution in [1.29, 1.82) is 0 Å². The van der Waals surface area contributed by atoms with E-state index in [1.807, 2.05) is 0 Å². The van der Waals surface area contributed by atoms with E-state index in [-0.39, 0.29) is 11.3 Å². The molecule has 1 N–H and O–H groups in total. The number of hydrogen-bond donors (Lipinski definition) is 1. The summed E-state index contributed by atoms with van der Waals surface area (Å²) in [5.74, 6) is -0.153. The van der Waals surface area contributed by atoms with Crippen molar-refractivity contribution in [2.24, 2.45) is 0 Å². The number of aliphatic hydroxyl groups is 1.